The van der Waals surface area contributed by atoms with E-state index in [2.05, 4.69) is 4.98 Å². The molecule has 2 heterocycles. The molecule has 1 aromatic heterocycles. The van der Waals surface area contributed by atoms with Crippen LogP contribution >= 0.6 is 0 Å². The topological polar surface area (TPSA) is 125 Å². The molecule has 0 amide bonds. The van der Waals surface area contributed by atoms with Crippen LogP contribution in [0.4, 0.5) is 0 Å². The van der Waals surface area contributed by atoms with Crippen LogP contribution in [-0.2, 0) is 16.1 Å². The predicted octanol–water partition coefficient (Wildman–Crippen LogP) is 1.58. The third-order valence-electron chi connectivity index (χ3n) is 4.10. The van der Waals surface area contributed by atoms with Crippen LogP contribution in [0.3, 0.4) is 0 Å². The van der Waals surface area contributed by atoms with Crippen LogP contribution in [-0.4, -0.2) is 29.5 Å². The molecule has 0 fully saturated rings. The van der Waals surface area contributed by atoms with Gasteiger partial charge in [-0.15, -0.1) is 0 Å². The van der Waals surface area contributed by atoms with Gasteiger partial charge in [-0.05, 0) is 42.6 Å². The molecule has 9 heteroatoms. The minimum Gasteiger partial charge on any atom is -0.477 e. The summed E-state index contributed by atoms with van der Waals surface area (Å²) >= 11 is 0. The van der Waals surface area contributed by atoms with Gasteiger partial charge >= 0.3 is 7.12 Å². The number of carbonyl (C=O) groups excluding carboxylic acids is 1. The third kappa shape index (κ3) is 4.29. The fourth-order valence-electron chi connectivity index (χ4n) is 2.70. The predicted molar refractivity (Wildman–Crippen MR) is 98.0 cm³/mol. The molecule has 1 aromatic carbocycles. The second-order valence-corrected chi connectivity index (χ2v) is 6.20. The van der Waals surface area contributed by atoms with Crippen molar-refractivity contribution in [3.8, 4) is 29.6 Å². The minimum atomic E-state index is -0.957. The van der Waals surface area contributed by atoms with Gasteiger partial charge in [0, 0.05) is 6.42 Å². The average Bonchev–Trinajstić information content (AvgIpc) is 3.05. The Morgan fingerprint density at radius 2 is 2.04 bits per heavy atom. The van der Waals surface area contributed by atoms with Crippen LogP contribution in [0.2, 0.25) is 0 Å². The van der Waals surface area contributed by atoms with Crippen molar-refractivity contribution in [2.24, 2.45) is 0 Å². The second kappa shape index (κ2) is 8.53. The van der Waals surface area contributed by atoms with Gasteiger partial charge in [0.05, 0.1) is 13.2 Å². The summed E-state index contributed by atoms with van der Waals surface area (Å²) in [7, 11) is -0.957. The summed E-state index contributed by atoms with van der Waals surface area (Å²) in [6, 6.07) is 10.3. The monoisotopic (exact) mass is 377 g/mol. The van der Waals surface area contributed by atoms with Crippen LogP contribution in [0.1, 0.15) is 36.5 Å². The number of nitriles is 2. The average molecular weight is 377 g/mol. The van der Waals surface area contributed by atoms with Gasteiger partial charge in [-0.25, -0.2) is 0 Å². The SMILES string of the molecule is CC(=O)CCCOc1nc(Oc2ccc3c(c2)COB3O)c(C#N)cc1C#N. The zero-order valence-corrected chi connectivity index (χ0v) is 15.1. The van der Waals surface area contributed by atoms with Crippen LogP contribution in [0.5, 0.6) is 17.5 Å². The highest BCUT2D eigenvalue weighted by Crippen LogP contribution is 2.29. The van der Waals surface area contributed by atoms with E-state index in [-0.39, 0.29) is 41.9 Å². The number of nitrogens with zero attached hydrogens (tertiary/aromatic N) is 3. The van der Waals surface area contributed by atoms with Crippen molar-refractivity contribution in [1.82, 2.24) is 4.98 Å². The van der Waals surface area contributed by atoms with E-state index < -0.39 is 7.12 Å². The normalized spacial score (nSPS) is 12.1. The van der Waals surface area contributed by atoms with Gasteiger partial charge in [0.25, 0.3) is 0 Å². The van der Waals surface area contributed by atoms with Crippen LogP contribution in [0.15, 0.2) is 24.3 Å². The van der Waals surface area contributed by atoms with Gasteiger partial charge in [-0.2, -0.15) is 15.5 Å². The maximum atomic E-state index is 11.0. The van der Waals surface area contributed by atoms with E-state index in [1.807, 2.05) is 12.1 Å². The van der Waals surface area contributed by atoms with Crippen LogP contribution in [0, 0.1) is 22.7 Å². The van der Waals surface area contributed by atoms with E-state index in [9.17, 15) is 20.3 Å². The number of pyridine rings is 1. The van der Waals surface area contributed by atoms with Gasteiger partial charge in [-0.3, -0.25) is 0 Å². The Bertz CT molecular complexity index is 996. The van der Waals surface area contributed by atoms with Crippen molar-refractivity contribution in [3.63, 3.8) is 0 Å². The summed E-state index contributed by atoms with van der Waals surface area (Å²) in [5, 5.41) is 28.3. The van der Waals surface area contributed by atoms with Crippen molar-refractivity contribution in [2.45, 2.75) is 26.4 Å². The fourth-order valence-corrected chi connectivity index (χ4v) is 2.70. The molecule has 0 radical (unpaired) electrons. The summed E-state index contributed by atoms with van der Waals surface area (Å²) in [5.74, 6) is 0.502. The van der Waals surface area contributed by atoms with E-state index >= 15 is 0 Å². The molecule has 0 aliphatic carbocycles. The Hall–Kier alpha value is -3.40. The van der Waals surface area contributed by atoms with Crippen LogP contribution in [0.25, 0.3) is 0 Å². The summed E-state index contributed by atoms with van der Waals surface area (Å²) in [5.41, 5.74) is 1.63. The van der Waals surface area contributed by atoms with E-state index in [4.69, 9.17) is 14.1 Å². The fraction of sp³-hybridized carbons (Fsp3) is 0.263. The third-order valence-corrected chi connectivity index (χ3v) is 4.10. The highest BCUT2D eigenvalue weighted by molar-refractivity contribution is 6.61. The van der Waals surface area contributed by atoms with Crippen molar-refractivity contribution in [3.05, 3.63) is 41.0 Å². The molecule has 0 saturated heterocycles. The Balaban J connectivity index is 1.83. The number of fused-ring (bicyclic) bond motifs is 1. The van der Waals surface area contributed by atoms with E-state index in [1.165, 1.54) is 13.0 Å². The number of hydrogen-bond acceptors (Lipinski definition) is 8. The number of carbonyl (C=O) groups is 1. The number of aromatic nitrogens is 1. The zero-order chi connectivity index (χ0) is 20.1. The molecule has 140 valence electrons. The lowest BCUT2D eigenvalue weighted by atomic mass is 9.80. The van der Waals surface area contributed by atoms with E-state index in [0.717, 1.165) is 5.56 Å². The maximum Gasteiger partial charge on any atom is 0.491 e. The van der Waals surface area contributed by atoms with Crippen molar-refractivity contribution in [2.75, 3.05) is 6.61 Å². The van der Waals surface area contributed by atoms with Gasteiger partial charge < -0.3 is 23.9 Å². The molecule has 1 aliphatic rings. The molecule has 1 aliphatic heterocycles. The Labute approximate surface area is 162 Å². The number of hydrogen-bond donors (Lipinski definition) is 1. The molecule has 0 saturated carbocycles. The van der Waals surface area contributed by atoms with Gasteiger partial charge in [-0.1, -0.05) is 6.07 Å². The van der Waals surface area contributed by atoms with Gasteiger partial charge in [0.2, 0.25) is 11.8 Å². The first-order valence-electron chi connectivity index (χ1n) is 8.59. The molecule has 3 rings (SSSR count). The minimum absolute atomic E-state index is 0.00230. The van der Waals surface area contributed by atoms with Crippen molar-refractivity contribution >= 4 is 18.4 Å². The maximum absolute atomic E-state index is 11.0. The molecule has 2 aromatic rings. The standard InChI is InChI=1S/C19H16BN3O5/c1-12(24)3-2-6-26-18-13(9-21)7-14(10-22)19(23-18)28-16-4-5-17-15(8-16)11-27-20(17)25/h4-5,7-8,25H,2-3,6,11H2,1H3. The quantitative estimate of drug-likeness (QED) is 0.570. The molecule has 0 spiro atoms. The molecule has 28 heavy (non-hydrogen) atoms. The number of rotatable bonds is 7. The first-order chi connectivity index (χ1) is 13.5. The summed E-state index contributed by atoms with van der Waals surface area (Å²) < 4.78 is 16.4. The molecular formula is C19H16BN3O5. The summed E-state index contributed by atoms with van der Waals surface area (Å²) in [4.78, 5) is 15.2. The number of ether oxygens (including phenoxy) is 2. The van der Waals surface area contributed by atoms with Gasteiger partial charge in [0.15, 0.2) is 0 Å². The molecular weight excluding hydrogens is 361 g/mol. The number of ketones is 1. The van der Waals surface area contributed by atoms with Crippen LogP contribution < -0.4 is 14.9 Å². The molecule has 0 atom stereocenters. The Morgan fingerprint density at radius 3 is 2.75 bits per heavy atom. The lowest BCUT2D eigenvalue weighted by Gasteiger charge is -2.11. The van der Waals surface area contributed by atoms with Crippen molar-refractivity contribution in [1.29, 1.82) is 10.5 Å². The lowest BCUT2D eigenvalue weighted by molar-refractivity contribution is -0.117. The molecule has 1 N–H and O–H groups in total. The molecule has 0 unspecified atom stereocenters. The molecule has 0 bridgehead atoms. The highest BCUT2D eigenvalue weighted by atomic mass is 16.5. The highest BCUT2D eigenvalue weighted by Gasteiger charge is 2.27. The summed E-state index contributed by atoms with van der Waals surface area (Å²) in [6.07, 6.45) is 0.857. The largest absolute Gasteiger partial charge is 0.491 e. The Morgan fingerprint density at radius 1 is 1.29 bits per heavy atom. The number of benzene rings is 1. The first kappa shape index (κ1) is 19.4. The zero-order valence-electron chi connectivity index (χ0n) is 15.1. The number of Topliss-reactive ketones (excluding diaryl/α,β-unsaturated/α-hetero) is 1. The first-order valence-corrected chi connectivity index (χ1v) is 8.59. The van der Waals surface area contributed by atoms with E-state index in [1.54, 1.807) is 18.2 Å². The second-order valence-electron chi connectivity index (χ2n) is 6.20. The van der Waals surface area contributed by atoms with Crippen molar-refractivity contribution < 1.29 is 23.9 Å². The van der Waals surface area contributed by atoms with Gasteiger partial charge in [0.1, 0.15) is 34.8 Å². The molecule has 8 nitrogen and oxygen atoms in total. The summed E-state index contributed by atoms with van der Waals surface area (Å²) in [6.45, 7) is 1.96. The lowest BCUT2D eigenvalue weighted by Crippen LogP contribution is -2.27. The van der Waals surface area contributed by atoms with E-state index in [0.29, 0.717) is 24.1 Å². The smallest absolute Gasteiger partial charge is 0.477 e. The Kier molecular flexibility index (Phi) is 5.90.